The summed E-state index contributed by atoms with van der Waals surface area (Å²) < 4.78 is 5.52. The number of rotatable bonds is 75. The lowest BCUT2D eigenvalue weighted by atomic mass is 10.0. The van der Waals surface area contributed by atoms with Crippen molar-refractivity contribution in [1.82, 2.24) is 5.32 Å². The average molecular weight is 1200 g/mol. The number of allylic oxidation sites excluding steroid dienone is 2. The molecule has 0 spiro atoms. The van der Waals surface area contributed by atoms with Crippen LogP contribution in [0.2, 0.25) is 0 Å². The number of unbranched alkanes of at least 4 members (excludes halogenated alkanes) is 62. The van der Waals surface area contributed by atoms with E-state index in [1.165, 1.54) is 385 Å². The fourth-order valence-corrected chi connectivity index (χ4v) is 12.8. The molecule has 1 amide bonds. The predicted octanol–water partition coefficient (Wildman–Crippen LogP) is 25.9. The summed E-state index contributed by atoms with van der Waals surface area (Å²) in [4.78, 5) is 24.6. The molecule has 0 aromatic rings. The summed E-state index contributed by atoms with van der Waals surface area (Å²) in [5.74, 6) is -0.00106. The van der Waals surface area contributed by atoms with Gasteiger partial charge in [0.25, 0.3) is 0 Å². The van der Waals surface area contributed by atoms with Crippen molar-refractivity contribution < 1.29 is 24.5 Å². The zero-order chi connectivity index (χ0) is 61.3. The number of nitrogens with one attached hydrogen (secondary N) is 1. The van der Waals surface area contributed by atoms with E-state index in [9.17, 15) is 19.8 Å². The smallest absolute Gasteiger partial charge is 0.305 e. The Bertz CT molecular complexity index is 1290. The molecule has 2 unspecified atom stereocenters. The number of esters is 1. The third kappa shape index (κ3) is 71.6. The summed E-state index contributed by atoms with van der Waals surface area (Å²) in [6.07, 6.45) is 94.6. The van der Waals surface area contributed by atoms with Crippen molar-refractivity contribution in [2.45, 2.75) is 469 Å². The van der Waals surface area contributed by atoms with E-state index in [0.29, 0.717) is 25.9 Å². The predicted molar refractivity (Wildman–Crippen MR) is 375 cm³/mol. The van der Waals surface area contributed by atoms with Crippen LogP contribution in [-0.2, 0) is 14.3 Å². The zero-order valence-corrected chi connectivity index (χ0v) is 58.1. The Morgan fingerprint density at radius 3 is 0.835 bits per heavy atom. The SMILES string of the molecule is CCCCCCCCCCCCCCCCCCCCC(=O)OCCCCCCCCCCCCCCCCCC/C=C\CCCCCCCCCCCCCCCCCCCC(=O)NC(CO)C(O)CCCCCCCCCCCCCCC. The van der Waals surface area contributed by atoms with Gasteiger partial charge in [0.15, 0.2) is 0 Å². The van der Waals surface area contributed by atoms with Gasteiger partial charge in [-0.25, -0.2) is 0 Å². The third-order valence-corrected chi connectivity index (χ3v) is 18.8. The molecule has 0 heterocycles. The molecule has 506 valence electrons. The molecule has 0 fully saturated rings. The number of hydrogen-bond acceptors (Lipinski definition) is 5. The van der Waals surface area contributed by atoms with Gasteiger partial charge in [0, 0.05) is 12.8 Å². The molecule has 0 aliphatic rings. The van der Waals surface area contributed by atoms with Gasteiger partial charge in [0.1, 0.15) is 0 Å². The Labute approximate surface area is 533 Å². The fourth-order valence-electron chi connectivity index (χ4n) is 12.8. The highest BCUT2D eigenvalue weighted by atomic mass is 16.5. The third-order valence-electron chi connectivity index (χ3n) is 18.8. The number of aliphatic hydroxyl groups excluding tert-OH is 2. The second-order valence-electron chi connectivity index (χ2n) is 27.4. The Kier molecular flexibility index (Phi) is 73.8. The summed E-state index contributed by atoms with van der Waals surface area (Å²) in [5.41, 5.74) is 0. The Balaban J connectivity index is 3.29. The van der Waals surface area contributed by atoms with E-state index < -0.39 is 12.1 Å². The van der Waals surface area contributed by atoms with Crippen LogP contribution < -0.4 is 5.32 Å². The van der Waals surface area contributed by atoms with Crippen molar-refractivity contribution in [3.05, 3.63) is 12.2 Å². The quantitative estimate of drug-likeness (QED) is 0.0320. The molecule has 0 aromatic heterocycles. The lowest BCUT2D eigenvalue weighted by Gasteiger charge is -2.22. The van der Waals surface area contributed by atoms with Crippen LogP contribution >= 0.6 is 0 Å². The maximum atomic E-state index is 12.5. The maximum absolute atomic E-state index is 12.5. The van der Waals surface area contributed by atoms with Gasteiger partial charge in [-0.1, -0.05) is 405 Å². The van der Waals surface area contributed by atoms with Crippen molar-refractivity contribution in [2.24, 2.45) is 0 Å². The van der Waals surface area contributed by atoms with E-state index in [-0.39, 0.29) is 18.5 Å². The molecule has 0 saturated heterocycles. The van der Waals surface area contributed by atoms with Crippen molar-refractivity contribution >= 4 is 11.9 Å². The summed E-state index contributed by atoms with van der Waals surface area (Å²) >= 11 is 0. The molecule has 0 aliphatic heterocycles. The minimum absolute atomic E-state index is 0.0270. The van der Waals surface area contributed by atoms with E-state index in [0.717, 1.165) is 38.5 Å². The molecule has 0 aromatic carbocycles. The van der Waals surface area contributed by atoms with Gasteiger partial charge in [0.2, 0.25) is 5.91 Å². The molecule has 3 N–H and O–H groups in total. The molecule has 0 saturated carbocycles. The number of carbonyl (C=O) groups excluding carboxylic acids is 2. The first-order valence-electron chi connectivity index (χ1n) is 39.4. The Morgan fingerprint density at radius 2 is 0.553 bits per heavy atom. The number of hydrogen-bond donors (Lipinski definition) is 3. The lowest BCUT2D eigenvalue weighted by molar-refractivity contribution is -0.143. The van der Waals surface area contributed by atoms with Crippen LogP contribution in [0.5, 0.6) is 0 Å². The molecule has 6 heteroatoms. The zero-order valence-electron chi connectivity index (χ0n) is 58.1. The van der Waals surface area contributed by atoms with Crippen LogP contribution in [0.4, 0.5) is 0 Å². The molecule has 0 bridgehead atoms. The molecule has 6 nitrogen and oxygen atoms in total. The molecular weight excluding hydrogens is 1040 g/mol. The highest BCUT2D eigenvalue weighted by Gasteiger charge is 2.20. The molecule has 85 heavy (non-hydrogen) atoms. The highest BCUT2D eigenvalue weighted by molar-refractivity contribution is 5.76. The van der Waals surface area contributed by atoms with Crippen molar-refractivity contribution in [1.29, 1.82) is 0 Å². The van der Waals surface area contributed by atoms with Gasteiger partial charge < -0.3 is 20.3 Å². The molecular formula is C79H155NO5. The normalized spacial score (nSPS) is 12.5. The second kappa shape index (κ2) is 75.1. The van der Waals surface area contributed by atoms with Crippen molar-refractivity contribution in [2.75, 3.05) is 13.2 Å². The summed E-state index contributed by atoms with van der Waals surface area (Å²) in [6, 6.07) is -0.537. The number of ether oxygens (including phenoxy) is 1. The molecule has 0 radical (unpaired) electrons. The standard InChI is InChI=1S/C79H155NO5/c1-3-5-7-9-11-13-15-17-18-19-42-45-49-53-57-61-65-69-73-79(84)85-74-70-66-62-58-54-50-46-43-40-38-36-34-32-30-28-26-24-22-20-21-23-25-27-29-31-33-35-37-39-41-44-48-52-56-60-64-68-72-78(83)80-76(75-81)77(82)71-67-63-59-55-51-47-16-14-12-10-8-6-4-2/h20,22,76-77,81-82H,3-19,21,23-75H2,1-2H3,(H,80,83)/b22-20-. The maximum Gasteiger partial charge on any atom is 0.305 e. The van der Waals surface area contributed by atoms with E-state index in [1.807, 2.05) is 0 Å². The van der Waals surface area contributed by atoms with Gasteiger partial charge >= 0.3 is 5.97 Å². The molecule has 0 aliphatic carbocycles. The van der Waals surface area contributed by atoms with Crippen LogP contribution in [0.15, 0.2) is 12.2 Å². The van der Waals surface area contributed by atoms with Crippen molar-refractivity contribution in [3.8, 4) is 0 Å². The summed E-state index contributed by atoms with van der Waals surface area (Å²) in [7, 11) is 0. The minimum Gasteiger partial charge on any atom is -0.466 e. The topological polar surface area (TPSA) is 95.9 Å². The second-order valence-corrected chi connectivity index (χ2v) is 27.4. The van der Waals surface area contributed by atoms with E-state index in [2.05, 4.69) is 31.3 Å². The first-order valence-corrected chi connectivity index (χ1v) is 39.4. The van der Waals surface area contributed by atoms with Crippen LogP contribution in [0.1, 0.15) is 457 Å². The van der Waals surface area contributed by atoms with Gasteiger partial charge in [-0.15, -0.1) is 0 Å². The van der Waals surface area contributed by atoms with Gasteiger partial charge in [-0.05, 0) is 51.4 Å². The highest BCUT2D eigenvalue weighted by Crippen LogP contribution is 2.20. The number of aliphatic hydroxyl groups is 2. The lowest BCUT2D eigenvalue weighted by Crippen LogP contribution is -2.45. The average Bonchev–Trinajstić information content (AvgIpc) is 3.50. The number of carbonyl (C=O) groups is 2. The minimum atomic E-state index is -0.660. The van der Waals surface area contributed by atoms with Gasteiger partial charge in [0.05, 0.1) is 25.4 Å². The number of amides is 1. The first kappa shape index (κ1) is 83.6. The van der Waals surface area contributed by atoms with Gasteiger partial charge in [-0.3, -0.25) is 9.59 Å². The van der Waals surface area contributed by atoms with Crippen LogP contribution in [0.3, 0.4) is 0 Å². The monoisotopic (exact) mass is 1200 g/mol. The molecule has 2 atom stereocenters. The summed E-state index contributed by atoms with van der Waals surface area (Å²) in [6.45, 7) is 5.00. The Morgan fingerprint density at radius 1 is 0.318 bits per heavy atom. The van der Waals surface area contributed by atoms with Crippen molar-refractivity contribution in [3.63, 3.8) is 0 Å². The van der Waals surface area contributed by atoms with E-state index in [1.54, 1.807) is 0 Å². The Hall–Kier alpha value is -1.40. The van der Waals surface area contributed by atoms with E-state index >= 15 is 0 Å². The first-order chi connectivity index (χ1) is 42.0. The van der Waals surface area contributed by atoms with E-state index in [4.69, 9.17) is 4.74 Å². The van der Waals surface area contributed by atoms with Crippen LogP contribution in [0.25, 0.3) is 0 Å². The molecule has 0 rings (SSSR count). The summed E-state index contributed by atoms with van der Waals surface area (Å²) in [5, 5.41) is 23.3. The fraction of sp³-hybridized carbons (Fsp3) is 0.949. The van der Waals surface area contributed by atoms with Crippen LogP contribution in [0, 0.1) is 0 Å². The van der Waals surface area contributed by atoms with Crippen LogP contribution in [-0.4, -0.2) is 47.4 Å². The largest absolute Gasteiger partial charge is 0.466 e. The van der Waals surface area contributed by atoms with Gasteiger partial charge in [-0.2, -0.15) is 0 Å².